The van der Waals surface area contributed by atoms with Crippen LogP contribution in [0.1, 0.15) is 43.2 Å². The highest BCUT2D eigenvalue weighted by Gasteiger charge is 2.18. The van der Waals surface area contributed by atoms with Crippen LogP contribution in [0.4, 0.5) is 5.69 Å². The van der Waals surface area contributed by atoms with Gasteiger partial charge in [-0.2, -0.15) is 0 Å². The molecule has 17 heavy (non-hydrogen) atoms. The molecule has 1 heteroatoms. The monoisotopic (exact) mass is 229 g/mol. The molecule has 0 unspecified atom stereocenters. The molecule has 0 spiro atoms. The average Bonchev–Trinajstić information content (AvgIpc) is 2.39. The van der Waals surface area contributed by atoms with Crippen LogP contribution in [-0.4, -0.2) is 13.1 Å². The first-order valence-electron chi connectivity index (χ1n) is 6.68. The lowest BCUT2D eigenvalue weighted by atomic mass is 9.94. The number of hydrogen-bond acceptors (Lipinski definition) is 1. The van der Waals surface area contributed by atoms with Crippen LogP contribution in [0.5, 0.6) is 0 Å². The second-order valence-corrected chi connectivity index (χ2v) is 5.15. The zero-order valence-electron chi connectivity index (χ0n) is 11.1. The summed E-state index contributed by atoms with van der Waals surface area (Å²) >= 11 is 0. The Kier molecular flexibility index (Phi) is 3.88. The molecule has 1 aromatic rings. The summed E-state index contributed by atoms with van der Waals surface area (Å²) in [7, 11) is 2.23. The van der Waals surface area contributed by atoms with Crippen LogP contribution in [0, 0.1) is 6.92 Å². The van der Waals surface area contributed by atoms with Gasteiger partial charge in [0, 0.05) is 18.8 Å². The Morgan fingerprint density at radius 3 is 2.59 bits per heavy atom. The fourth-order valence-corrected chi connectivity index (χ4v) is 2.75. The Labute approximate surface area is 105 Å². The summed E-state index contributed by atoms with van der Waals surface area (Å²) in [6.45, 7) is 6.03. The maximum atomic E-state index is 3.89. The first-order chi connectivity index (χ1) is 8.22. The molecule has 0 N–H and O–H groups in total. The fourth-order valence-electron chi connectivity index (χ4n) is 2.75. The van der Waals surface area contributed by atoms with Crippen molar-refractivity contribution in [1.82, 2.24) is 0 Å². The van der Waals surface area contributed by atoms with Crippen molar-refractivity contribution >= 4 is 11.8 Å². The van der Waals surface area contributed by atoms with Crippen LogP contribution < -0.4 is 4.90 Å². The van der Waals surface area contributed by atoms with E-state index in [0.717, 1.165) is 6.04 Å². The molecule has 1 fully saturated rings. The van der Waals surface area contributed by atoms with E-state index in [0.29, 0.717) is 0 Å². The molecule has 1 saturated carbocycles. The Balaban J connectivity index is 2.17. The summed E-state index contributed by atoms with van der Waals surface area (Å²) in [6.07, 6.45) is 8.82. The molecule has 1 nitrogen and oxygen atoms in total. The molecular formula is C16H23N. The number of aryl methyl sites for hydroxylation is 1. The second kappa shape index (κ2) is 5.39. The zero-order valence-corrected chi connectivity index (χ0v) is 11.1. The number of anilines is 1. The molecule has 0 atom stereocenters. The Morgan fingerprint density at radius 1 is 1.24 bits per heavy atom. The number of nitrogens with zero attached hydrogens (tertiary/aromatic N) is 1. The predicted molar refractivity (Wildman–Crippen MR) is 76.5 cm³/mol. The van der Waals surface area contributed by atoms with E-state index < -0.39 is 0 Å². The molecular weight excluding hydrogens is 206 g/mol. The molecule has 0 amide bonds. The van der Waals surface area contributed by atoms with E-state index in [1.807, 2.05) is 6.08 Å². The van der Waals surface area contributed by atoms with Gasteiger partial charge < -0.3 is 4.90 Å². The van der Waals surface area contributed by atoms with Crippen molar-refractivity contribution in [2.24, 2.45) is 0 Å². The second-order valence-electron chi connectivity index (χ2n) is 5.15. The minimum Gasteiger partial charge on any atom is -0.372 e. The van der Waals surface area contributed by atoms with E-state index in [9.17, 15) is 0 Å². The van der Waals surface area contributed by atoms with Gasteiger partial charge in [-0.25, -0.2) is 0 Å². The lowest BCUT2D eigenvalue weighted by Crippen LogP contribution is -2.33. The van der Waals surface area contributed by atoms with Crippen LogP contribution in [0.3, 0.4) is 0 Å². The molecule has 0 aliphatic heterocycles. The molecule has 0 saturated heterocycles. The van der Waals surface area contributed by atoms with Gasteiger partial charge in [-0.1, -0.05) is 38.0 Å². The van der Waals surface area contributed by atoms with E-state index in [1.54, 1.807) is 0 Å². The summed E-state index contributed by atoms with van der Waals surface area (Å²) in [5, 5.41) is 0. The largest absolute Gasteiger partial charge is 0.372 e. The van der Waals surface area contributed by atoms with Gasteiger partial charge in [0.1, 0.15) is 0 Å². The van der Waals surface area contributed by atoms with Crippen molar-refractivity contribution in [1.29, 1.82) is 0 Å². The fraction of sp³-hybridized carbons (Fsp3) is 0.500. The van der Waals surface area contributed by atoms with Crippen LogP contribution in [-0.2, 0) is 0 Å². The first-order valence-corrected chi connectivity index (χ1v) is 6.68. The quantitative estimate of drug-likeness (QED) is 0.742. The van der Waals surface area contributed by atoms with Gasteiger partial charge in [0.05, 0.1) is 0 Å². The molecule has 0 aromatic heterocycles. The van der Waals surface area contributed by atoms with Crippen molar-refractivity contribution in [2.45, 2.75) is 45.1 Å². The first kappa shape index (κ1) is 12.2. The average molecular weight is 229 g/mol. The van der Waals surface area contributed by atoms with Gasteiger partial charge in [-0.05, 0) is 43.0 Å². The van der Waals surface area contributed by atoms with E-state index in [4.69, 9.17) is 0 Å². The van der Waals surface area contributed by atoms with Crippen molar-refractivity contribution in [2.75, 3.05) is 11.9 Å². The Bertz CT molecular complexity index is 389. The minimum absolute atomic E-state index is 0.726. The van der Waals surface area contributed by atoms with Crippen molar-refractivity contribution in [3.63, 3.8) is 0 Å². The number of hydrogen-bond donors (Lipinski definition) is 0. The van der Waals surface area contributed by atoms with Crippen LogP contribution >= 0.6 is 0 Å². The topological polar surface area (TPSA) is 3.24 Å². The van der Waals surface area contributed by atoms with Crippen molar-refractivity contribution in [3.8, 4) is 0 Å². The van der Waals surface area contributed by atoms with Crippen LogP contribution in [0.15, 0.2) is 24.8 Å². The summed E-state index contributed by atoms with van der Waals surface area (Å²) in [5.41, 5.74) is 3.89. The highest BCUT2D eigenvalue weighted by molar-refractivity contribution is 5.60. The van der Waals surface area contributed by atoms with E-state index in [1.165, 1.54) is 48.9 Å². The minimum atomic E-state index is 0.726. The maximum Gasteiger partial charge on any atom is 0.0372 e. The van der Waals surface area contributed by atoms with E-state index >= 15 is 0 Å². The zero-order chi connectivity index (χ0) is 12.3. The summed E-state index contributed by atoms with van der Waals surface area (Å²) in [6, 6.07) is 7.42. The standard InChI is InChI=1S/C16H23N/c1-4-14-12-16(11-10-13(14)2)17(3)15-8-6-5-7-9-15/h4,10-12,15H,1,5-9H2,2-3H3. The third-order valence-electron chi connectivity index (χ3n) is 4.01. The molecule has 0 radical (unpaired) electrons. The van der Waals surface area contributed by atoms with Crippen LogP contribution in [0.2, 0.25) is 0 Å². The predicted octanol–water partition coefficient (Wildman–Crippen LogP) is 4.41. The third-order valence-corrected chi connectivity index (χ3v) is 4.01. The van der Waals surface area contributed by atoms with Gasteiger partial charge in [0.25, 0.3) is 0 Å². The summed E-state index contributed by atoms with van der Waals surface area (Å²) in [5.74, 6) is 0. The summed E-state index contributed by atoms with van der Waals surface area (Å²) in [4.78, 5) is 2.45. The molecule has 0 bridgehead atoms. The van der Waals surface area contributed by atoms with Crippen molar-refractivity contribution in [3.05, 3.63) is 35.9 Å². The molecule has 1 aromatic carbocycles. The van der Waals surface area contributed by atoms with Gasteiger partial charge in [0.2, 0.25) is 0 Å². The Morgan fingerprint density at radius 2 is 1.94 bits per heavy atom. The van der Waals surface area contributed by atoms with Gasteiger partial charge in [-0.15, -0.1) is 0 Å². The number of benzene rings is 1. The molecule has 0 heterocycles. The normalized spacial score (nSPS) is 16.8. The van der Waals surface area contributed by atoms with Crippen molar-refractivity contribution < 1.29 is 0 Å². The lowest BCUT2D eigenvalue weighted by Gasteiger charge is -2.33. The van der Waals surface area contributed by atoms with E-state index in [2.05, 4.69) is 43.6 Å². The van der Waals surface area contributed by atoms with Gasteiger partial charge in [-0.3, -0.25) is 0 Å². The summed E-state index contributed by atoms with van der Waals surface area (Å²) < 4.78 is 0. The lowest BCUT2D eigenvalue weighted by molar-refractivity contribution is 0.427. The van der Waals surface area contributed by atoms with Gasteiger partial charge in [0.15, 0.2) is 0 Å². The highest BCUT2D eigenvalue weighted by Crippen LogP contribution is 2.27. The smallest absolute Gasteiger partial charge is 0.0372 e. The van der Waals surface area contributed by atoms with Gasteiger partial charge >= 0.3 is 0 Å². The van der Waals surface area contributed by atoms with Crippen LogP contribution in [0.25, 0.3) is 6.08 Å². The molecule has 1 aliphatic carbocycles. The maximum absolute atomic E-state index is 3.89. The highest BCUT2D eigenvalue weighted by atomic mass is 15.1. The third kappa shape index (κ3) is 2.71. The van der Waals surface area contributed by atoms with E-state index in [-0.39, 0.29) is 0 Å². The molecule has 92 valence electrons. The molecule has 1 aliphatic rings. The molecule has 2 rings (SSSR count). The number of rotatable bonds is 3. The Hall–Kier alpha value is -1.24. The SMILES string of the molecule is C=Cc1cc(N(C)C2CCCCC2)ccc1C.